The van der Waals surface area contributed by atoms with Crippen LogP contribution in [0, 0.1) is 11.8 Å². The molecular weight excluding hydrogens is 202 g/mol. The Morgan fingerprint density at radius 2 is 2.19 bits per heavy atom. The maximum Gasteiger partial charge on any atom is 0.239 e. The third-order valence-corrected chi connectivity index (χ3v) is 3.40. The molecule has 0 aromatic rings. The Morgan fingerprint density at radius 3 is 2.62 bits per heavy atom. The number of nitrogens with zero attached hydrogens (tertiary/aromatic N) is 2. The fraction of sp³-hybridized carbons (Fsp3) is 0.917. The number of hydrogen-bond acceptors (Lipinski definition) is 3. The Labute approximate surface area is 98.8 Å². The van der Waals surface area contributed by atoms with Gasteiger partial charge in [0.15, 0.2) is 0 Å². The normalized spacial score (nSPS) is 23.8. The molecule has 94 valence electrons. The summed E-state index contributed by atoms with van der Waals surface area (Å²) < 4.78 is 0. The average molecular weight is 227 g/mol. The highest BCUT2D eigenvalue weighted by atomic mass is 16.2. The van der Waals surface area contributed by atoms with E-state index in [0.717, 1.165) is 19.6 Å². The second-order valence-corrected chi connectivity index (χ2v) is 5.41. The monoisotopic (exact) mass is 227 g/mol. The van der Waals surface area contributed by atoms with E-state index in [9.17, 15) is 4.79 Å². The average Bonchev–Trinajstić information content (AvgIpc) is 2.61. The third kappa shape index (κ3) is 3.46. The summed E-state index contributed by atoms with van der Waals surface area (Å²) in [5.74, 6) is 0.893. The fourth-order valence-electron chi connectivity index (χ4n) is 2.19. The predicted octanol–water partition coefficient (Wildman–Crippen LogP) is 0.380. The standard InChI is InChI=1S/C12H25N3O/c1-9(2)11(13)12(16)15(4)8-10-5-6-14(3)7-10/h9-11H,5-8,13H2,1-4H3/t10-,11-/m0/s1. The Morgan fingerprint density at radius 1 is 1.56 bits per heavy atom. The van der Waals surface area contributed by atoms with E-state index in [0.29, 0.717) is 5.92 Å². The van der Waals surface area contributed by atoms with Crippen molar-refractivity contribution < 1.29 is 4.79 Å². The zero-order chi connectivity index (χ0) is 12.3. The van der Waals surface area contributed by atoms with Crippen LogP contribution in [0.4, 0.5) is 0 Å². The molecule has 0 spiro atoms. The number of amides is 1. The summed E-state index contributed by atoms with van der Waals surface area (Å²) in [7, 11) is 3.99. The van der Waals surface area contributed by atoms with Gasteiger partial charge in [0.25, 0.3) is 0 Å². The molecule has 0 aliphatic carbocycles. The molecule has 1 aliphatic heterocycles. The maximum absolute atomic E-state index is 11.9. The molecule has 0 aromatic carbocycles. The van der Waals surface area contributed by atoms with Crippen molar-refractivity contribution >= 4 is 5.91 Å². The van der Waals surface area contributed by atoms with Gasteiger partial charge in [-0.2, -0.15) is 0 Å². The van der Waals surface area contributed by atoms with E-state index >= 15 is 0 Å². The molecule has 4 nitrogen and oxygen atoms in total. The lowest BCUT2D eigenvalue weighted by molar-refractivity contribution is -0.132. The van der Waals surface area contributed by atoms with Crippen molar-refractivity contribution in [3.8, 4) is 0 Å². The van der Waals surface area contributed by atoms with Crippen LogP contribution in [-0.2, 0) is 4.79 Å². The number of rotatable bonds is 4. The number of hydrogen-bond donors (Lipinski definition) is 1. The van der Waals surface area contributed by atoms with E-state index in [1.165, 1.54) is 6.42 Å². The van der Waals surface area contributed by atoms with E-state index in [1.54, 1.807) is 4.90 Å². The Bertz CT molecular complexity index is 242. The zero-order valence-electron chi connectivity index (χ0n) is 10.9. The third-order valence-electron chi connectivity index (χ3n) is 3.40. The van der Waals surface area contributed by atoms with Crippen molar-refractivity contribution in [1.82, 2.24) is 9.80 Å². The van der Waals surface area contributed by atoms with Crippen molar-refractivity contribution in [3.05, 3.63) is 0 Å². The summed E-state index contributed by atoms with van der Waals surface area (Å²) in [6, 6.07) is -0.357. The highest BCUT2D eigenvalue weighted by Crippen LogP contribution is 2.15. The van der Waals surface area contributed by atoms with Gasteiger partial charge < -0.3 is 15.5 Å². The summed E-state index contributed by atoms with van der Waals surface area (Å²) in [5, 5.41) is 0. The molecule has 2 N–H and O–H groups in total. The minimum absolute atomic E-state index is 0.0737. The van der Waals surface area contributed by atoms with Gasteiger partial charge in [-0.05, 0) is 31.8 Å². The van der Waals surface area contributed by atoms with Crippen LogP contribution in [0.1, 0.15) is 20.3 Å². The summed E-state index contributed by atoms with van der Waals surface area (Å²) in [5.41, 5.74) is 5.86. The first-order chi connectivity index (χ1) is 7.41. The molecule has 2 atom stereocenters. The van der Waals surface area contributed by atoms with Gasteiger partial charge in [-0.15, -0.1) is 0 Å². The molecule has 1 rings (SSSR count). The van der Waals surface area contributed by atoms with Crippen LogP contribution in [0.15, 0.2) is 0 Å². The summed E-state index contributed by atoms with van der Waals surface area (Å²) in [6.07, 6.45) is 1.19. The van der Waals surface area contributed by atoms with Gasteiger partial charge in [-0.1, -0.05) is 13.8 Å². The molecule has 16 heavy (non-hydrogen) atoms. The van der Waals surface area contributed by atoms with E-state index in [4.69, 9.17) is 5.73 Å². The van der Waals surface area contributed by atoms with Crippen molar-refractivity contribution in [2.24, 2.45) is 17.6 Å². The van der Waals surface area contributed by atoms with E-state index in [-0.39, 0.29) is 17.9 Å². The van der Waals surface area contributed by atoms with Crippen molar-refractivity contribution in [2.75, 3.05) is 33.7 Å². The van der Waals surface area contributed by atoms with Gasteiger partial charge in [0.1, 0.15) is 0 Å². The lowest BCUT2D eigenvalue weighted by Gasteiger charge is -2.25. The minimum Gasteiger partial charge on any atom is -0.344 e. The van der Waals surface area contributed by atoms with Crippen LogP contribution >= 0.6 is 0 Å². The fourth-order valence-corrected chi connectivity index (χ4v) is 2.19. The molecule has 0 bridgehead atoms. The van der Waals surface area contributed by atoms with Gasteiger partial charge in [0.2, 0.25) is 5.91 Å². The van der Waals surface area contributed by atoms with Crippen molar-refractivity contribution in [2.45, 2.75) is 26.3 Å². The molecule has 1 amide bonds. The molecular formula is C12H25N3O. The lowest BCUT2D eigenvalue weighted by Crippen LogP contribution is -2.46. The lowest BCUT2D eigenvalue weighted by atomic mass is 10.0. The summed E-state index contributed by atoms with van der Waals surface area (Å²) in [6.45, 7) is 7.04. The van der Waals surface area contributed by atoms with Crippen LogP contribution < -0.4 is 5.73 Å². The molecule has 1 saturated heterocycles. The summed E-state index contributed by atoms with van der Waals surface area (Å²) >= 11 is 0. The number of carbonyl (C=O) groups is 1. The van der Waals surface area contributed by atoms with Crippen LogP contribution in [0.25, 0.3) is 0 Å². The molecule has 0 unspecified atom stereocenters. The molecule has 0 saturated carbocycles. The number of likely N-dealkylation sites (tertiary alicyclic amines) is 1. The van der Waals surface area contributed by atoms with Crippen LogP contribution in [0.2, 0.25) is 0 Å². The molecule has 0 radical (unpaired) electrons. The van der Waals surface area contributed by atoms with Gasteiger partial charge in [0, 0.05) is 20.1 Å². The molecule has 1 aliphatic rings. The van der Waals surface area contributed by atoms with Crippen LogP contribution in [0.3, 0.4) is 0 Å². The second-order valence-electron chi connectivity index (χ2n) is 5.41. The Hall–Kier alpha value is -0.610. The molecule has 1 heterocycles. The first kappa shape index (κ1) is 13.5. The number of nitrogens with two attached hydrogens (primary N) is 1. The molecule has 4 heteroatoms. The largest absolute Gasteiger partial charge is 0.344 e. The zero-order valence-corrected chi connectivity index (χ0v) is 10.9. The molecule has 0 aromatic heterocycles. The number of carbonyl (C=O) groups excluding carboxylic acids is 1. The van der Waals surface area contributed by atoms with Crippen molar-refractivity contribution in [3.63, 3.8) is 0 Å². The Balaban J connectivity index is 2.39. The second kappa shape index (κ2) is 5.64. The van der Waals surface area contributed by atoms with E-state index in [1.807, 2.05) is 20.9 Å². The van der Waals surface area contributed by atoms with Gasteiger partial charge >= 0.3 is 0 Å². The van der Waals surface area contributed by atoms with Crippen LogP contribution in [-0.4, -0.2) is 55.5 Å². The smallest absolute Gasteiger partial charge is 0.239 e. The van der Waals surface area contributed by atoms with Gasteiger partial charge in [-0.3, -0.25) is 4.79 Å². The first-order valence-corrected chi connectivity index (χ1v) is 6.11. The van der Waals surface area contributed by atoms with Gasteiger partial charge in [-0.25, -0.2) is 0 Å². The van der Waals surface area contributed by atoms with Gasteiger partial charge in [0.05, 0.1) is 6.04 Å². The van der Waals surface area contributed by atoms with E-state index in [2.05, 4.69) is 11.9 Å². The summed E-state index contributed by atoms with van der Waals surface area (Å²) in [4.78, 5) is 16.1. The highest BCUT2D eigenvalue weighted by molar-refractivity contribution is 5.81. The first-order valence-electron chi connectivity index (χ1n) is 6.11. The Kier molecular flexibility index (Phi) is 4.74. The molecule has 1 fully saturated rings. The number of likely N-dealkylation sites (N-methyl/N-ethyl adjacent to an activating group) is 1. The quantitative estimate of drug-likeness (QED) is 0.755. The topological polar surface area (TPSA) is 49.6 Å². The predicted molar refractivity (Wildman–Crippen MR) is 66.1 cm³/mol. The van der Waals surface area contributed by atoms with Crippen LogP contribution in [0.5, 0.6) is 0 Å². The van der Waals surface area contributed by atoms with Crippen molar-refractivity contribution in [1.29, 1.82) is 0 Å². The SMILES string of the molecule is CC(C)[C@H](N)C(=O)N(C)C[C@H]1CCN(C)C1. The van der Waals surface area contributed by atoms with E-state index < -0.39 is 0 Å². The minimum atomic E-state index is -0.357. The highest BCUT2D eigenvalue weighted by Gasteiger charge is 2.26. The maximum atomic E-state index is 11.9.